The van der Waals surface area contributed by atoms with Crippen LogP contribution in [-0.4, -0.2) is 50.0 Å². The number of rotatable bonds is 3. The minimum absolute atomic E-state index is 0.0368. The molecule has 0 aromatic carbocycles. The molecule has 0 spiro atoms. The summed E-state index contributed by atoms with van der Waals surface area (Å²) in [7, 11) is 0. The van der Waals surface area contributed by atoms with Gasteiger partial charge in [0.25, 0.3) is 5.56 Å². The van der Waals surface area contributed by atoms with Gasteiger partial charge in [-0.1, -0.05) is 0 Å². The van der Waals surface area contributed by atoms with Gasteiger partial charge < -0.3 is 9.30 Å². The molecule has 2 aliphatic rings. The average Bonchev–Trinajstić information content (AvgIpc) is 2.96. The van der Waals surface area contributed by atoms with Crippen LogP contribution in [-0.2, 0) is 24.4 Å². The van der Waals surface area contributed by atoms with Gasteiger partial charge in [0, 0.05) is 62.9 Å². The number of hydrogen-bond donors (Lipinski definition) is 0. The molecule has 1 fully saturated rings. The fraction of sp³-hybridized carbons (Fsp3) is 0.588. The molecular formula is C17H23N5O2. The first kappa shape index (κ1) is 15.5. The molecule has 2 aromatic heterocycles. The minimum Gasteiger partial charge on any atom is -0.381 e. The van der Waals surface area contributed by atoms with Crippen molar-refractivity contribution in [3.63, 3.8) is 0 Å². The quantitative estimate of drug-likeness (QED) is 0.831. The zero-order chi connectivity index (χ0) is 16.4. The molecule has 1 saturated heterocycles. The van der Waals surface area contributed by atoms with Crippen molar-refractivity contribution in [2.45, 2.75) is 38.5 Å². The molecular weight excluding hydrogens is 306 g/mol. The van der Waals surface area contributed by atoms with Gasteiger partial charge in [-0.05, 0) is 18.9 Å². The van der Waals surface area contributed by atoms with Gasteiger partial charge in [-0.2, -0.15) is 5.10 Å². The number of aromatic nitrogens is 4. The second-order valence-corrected chi connectivity index (χ2v) is 6.68. The van der Waals surface area contributed by atoms with Gasteiger partial charge in [0.05, 0.1) is 13.1 Å². The summed E-state index contributed by atoms with van der Waals surface area (Å²) in [5.41, 5.74) is -0.0368. The topological polar surface area (TPSA) is 65.2 Å². The SMILES string of the molecule is O=c1cccnn1C[C@@H]1CN(C2CCOCC2)Cc2nccn2C1. The Labute approximate surface area is 140 Å². The maximum Gasteiger partial charge on any atom is 0.266 e. The zero-order valence-electron chi connectivity index (χ0n) is 13.8. The number of hydrogen-bond acceptors (Lipinski definition) is 5. The summed E-state index contributed by atoms with van der Waals surface area (Å²) in [6.07, 6.45) is 7.72. The first-order valence-corrected chi connectivity index (χ1v) is 8.63. The van der Waals surface area contributed by atoms with Gasteiger partial charge in [0.1, 0.15) is 5.82 Å². The van der Waals surface area contributed by atoms with Crippen LogP contribution in [0.3, 0.4) is 0 Å². The highest BCUT2D eigenvalue weighted by atomic mass is 16.5. The van der Waals surface area contributed by atoms with Crippen LogP contribution in [0.5, 0.6) is 0 Å². The normalized spacial score (nSPS) is 22.9. The molecule has 24 heavy (non-hydrogen) atoms. The van der Waals surface area contributed by atoms with E-state index in [1.807, 2.05) is 12.4 Å². The van der Waals surface area contributed by atoms with Gasteiger partial charge in [-0.25, -0.2) is 9.67 Å². The number of ether oxygens (including phenoxy) is 1. The molecule has 0 radical (unpaired) electrons. The van der Waals surface area contributed by atoms with Gasteiger partial charge in [-0.15, -0.1) is 0 Å². The van der Waals surface area contributed by atoms with Crippen LogP contribution >= 0.6 is 0 Å². The molecule has 7 nitrogen and oxygen atoms in total. The van der Waals surface area contributed by atoms with Crippen molar-refractivity contribution in [3.05, 3.63) is 46.9 Å². The standard InChI is InChI=1S/C17H23N5O2/c23-17-2-1-5-19-22(17)12-14-10-20-7-6-18-16(20)13-21(11-14)15-3-8-24-9-4-15/h1-2,5-7,14-15H,3-4,8-13H2/t14-/m0/s1. The van der Waals surface area contributed by atoms with Crippen molar-refractivity contribution in [3.8, 4) is 0 Å². The first-order chi connectivity index (χ1) is 11.8. The Morgan fingerprint density at radius 1 is 1.21 bits per heavy atom. The van der Waals surface area contributed by atoms with Crippen LogP contribution in [0.4, 0.5) is 0 Å². The van der Waals surface area contributed by atoms with E-state index in [0.29, 0.717) is 18.5 Å². The molecule has 0 bridgehead atoms. The Bertz CT molecular complexity index is 734. The maximum absolute atomic E-state index is 12.0. The van der Waals surface area contributed by atoms with E-state index in [4.69, 9.17) is 4.74 Å². The highest BCUT2D eigenvalue weighted by Gasteiger charge is 2.29. The Morgan fingerprint density at radius 2 is 2.08 bits per heavy atom. The Morgan fingerprint density at radius 3 is 2.92 bits per heavy atom. The summed E-state index contributed by atoms with van der Waals surface area (Å²) in [5.74, 6) is 1.44. The summed E-state index contributed by atoms with van der Waals surface area (Å²) in [5, 5.41) is 4.22. The molecule has 0 N–H and O–H groups in total. The molecule has 0 amide bonds. The Kier molecular flexibility index (Phi) is 4.44. The predicted octanol–water partition coefficient (Wildman–Crippen LogP) is 0.751. The Hall–Kier alpha value is -1.99. The molecule has 4 heterocycles. The molecule has 128 valence electrons. The van der Waals surface area contributed by atoms with Crippen LogP contribution < -0.4 is 5.56 Å². The van der Waals surface area contributed by atoms with E-state index >= 15 is 0 Å². The summed E-state index contributed by atoms with van der Waals surface area (Å²) < 4.78 is 9.31. The molecule has 4 rings (SSSR count). The second-order valence-electron chi connectivity index (χ2n) is 6.68. The van der Waals surface area contributed by atoms with E-state index in [1.54, 1.807) is 23.0 Å². The van der Waals surface area contributed by atoms with Crippen molar-refractivity contribution in [2.75, 3.05) is 19.8 Å². The molecule has 1 atom stereocenters. The van der Waals surface area contributed by atoms with E-state index in [9.17, 15) is 4.79 Å². The summed E-state index contributed by atoms with van der Waals surface area (Å²) in [4.78, 5) is 19.1. The van der Waals surface area contributed by atoms with Crippen LogP contribution in [0.25, 0.3) is 0 Å². The van der Waals surface area contributed by atoms with E-state index < -0.39 is 0 Å². The second kappa shape index (κ2) is 6.86. The van der Waals surface area contributed by atoms with Crippen LogP contribution in [0.1, 0.15) is 18.7 Å². The third-order valence-corrected chi connectivity index (χ3v) is 5.02. The third kappa shape index (κ3) is 3.27. The fourth-order valence-corrected chi connectivity index (χ4v) is 3.78. The predicted molar refractivity (Wildman–Crippen MR) is 88.5 cm³/mol. The van der Waals surface area contributed by atoms with Crippen molar-refractivity contribution < 1.29 is 4.74 Å². The first-order valence-electron chi connectivity index (χ1n) is 8.63. The number of fused-ring (bicyclic) bond motifs is 1. The lowest BCUT2D eigenvalue weighted by Crippen LogP contribution is -2.42. The van der Waals surface area contributed by atoms with Gasteiger partial charge in [0.2, 0.25) is 0 Å². The molecule has 2 aromatic rings. The highest BCUT2D eigenvalue weighted by molar-refractivity contribution is 4.97. The van der Waals surface area contributed by atoms with Crippen LogP contribution in [0.15, 0.2) is 35.5 Å². The zero-order valence-corrected chi connectivity index (χ0v) is 13.8. The van der Waals surface area contributed by atoms with Crippen molar-refractivity contribution >= 4 is 0 Å². The van der Waals surface area contributed by atoms with Gasteiger partial charge in [0.15, 0.2) is 0 Å². The molecule has 2 aliphatic heterocycles. The molecule has 7 heteroatoms. The monoisotopic (exact) mass is 329 g/mol. The number of imidazole rings is 1. The van der Waals surface area contributed by atoms with E-state index in [-0.39, 0.29) is 5.56 Å². The number of nitrogens with zero attached hydrogens (tertiary/aromatic N) is 5. The lowest BCUT2D eigenvalue weighted by molar-refractivity contribution is 0.0248. The highest BCUT2D eigenvalue weighted by Crippen LogP contribution is 2.23. The van der Waals surface area contributed by atoms with Crippen LogP contribution in [0.2, 0.25) is 0 Å². The van der Waals surface area contributed by atoms with Gasteiger partial charge in [-0.3, -0.25) is 9.69 Å². The largest absolute Gasteiger partial charge is 0.381 e. The maximum atomic E-state index is 12.0. The van der Waals surface area contributed by atoms with Gasteiger partial charge >= 0.3 is 0 Å². The average molecular weight is 329 g/mol. The Balaban J connectivity index is 1.57. The van der Waals surface area contributed by atoms with Crippen molar-refractivity contribution in [1.29, 1.82) is 0 Å². The van der Waals surface area contributed by atoms with Crippen molar-refractivity contribution in [1.82, 2.24) is 24.2 Å². The smallest absolute Gasteiger partial charge is 0.266 e. The summed E-state index contributed by atoms with van der Waals surface area (Å²) >= 11 is 0. The summed E-state index contributed by atoms with van der Waals surface area (Å²) in [6, 6.07) is 3.79. The lowest BCUT2D eigenvalue weighted by atomic mass is 10.0. The molecule has 0 unspecified atom stereocenters. The molecule has 0 aliphatic carbocycles. The van der Waals surface area contributed by atoms with E-state index in [1.165, 1.54) is 0 Å². The van der Waals surface area contributed by atoms with Crippen LogP contribution in [0, 0.1) is 5.92 Å². The van der Waals surface area contributed by atoms with E-state index in [0.717, 1.165) is 51.5 Å². The van der Waals surface area contributed by atoms with Crippen molar-refractivity contribution in [2.24, 2.45) is 5.92 Å². The molecule has 0 saturated carbocycles. The lowest BCUT2D eigenvalue weighted by Gasteiger charge is -2.34. The summed E-state index contributed by atoms with van der Waals surface area (Å²) in [6.45, 7) is 5.00. The third-order valence-electron chi connectivity index (χ3n) is 5.02. The van der Waals surface area contributed by atoms with E-state index in [2.05, 4.69) is 19.5 Å². The minimum atomic E-state index is -0.0368. The fourth-order valence-electron chi connectivity index (χ4n) is 3.78.